The number of nitrogens with one attached hydrogen (secondary N) is 2. The van der Waals surface area contributed by atoms with E-state index in [9.17, 15) is 26.7 Å². The van der Waals surface area contributed by atoms with Gasteiger partial charge in [-0.25, -0.2) is 18.2 Å². The molecule has 0 saturated heterocycles. The van der Waals surface area contributed by atoms with Crippen LogP contribution < -0.4 is 20.3 Å². The second-order valence-electron chi connectivity index (χ2n) is 8.73. The minimum Gasteiger partial charge on any atom is -0.477 e. The first-order valence-corrected chi connectivity index (χ1v) is 11.3. The van der Waals surface area contributed by atoms with E-state index < -0.39 is 47.3 Å². The molecular formula is C24H24F5N5O2. The lowest BCUT2D eigenvalue weighted by atomic mass is 9.91. The van der Waals surface area contributed by atoms with E-state index in [2.05, 4.69) is 25.3 Å². The molecule has 0 radical (unpaired) electrons. The molecule has 1 heterocycles. The molecule has 12 heteroatoms. The number of fused-ring (bicyclic) bond motifs is 1. The number of hydrogen-bond donors (Lipinski definition) is 2. The van der Waals surface area contributed by atoms with Gasteiger partial charge in [0, 0.05) is 31.6 Å². The minimum absolute atomic E-state index is 0.0685. The van der Waals surface area contributed by atoms with Crippen LogP contribution in [0.2, 0.25) is 0 Å². The molecule has 0 atom stereocenters. The molecule has 1 aliphatic rings. The standard InChI is InChI=1S/C24H24F5N5O2/c1-34(2)23-14-5-3-4-6-15(14)32-24(33-23)31-13-9-7-12(8-10-13)30-16(35)11-36-22-20(28)18(26)17(25)19(27)21(22)29/h3-6,12-13H,7-11H2,1-2H3,(H,30,35)(H,31,32,33). The molecule has 3 aromatic rings. The van der Waals surface area contributed by atoms with Gasteiger partial charge >= 0.3 is 0 Å². The summed E-state index contributed by atoms with van der Waals surface area (Å²) in [6.45, 7) is -0.894. The number of anilines is 2. The predicted molar refractivity (Wildman–Crippen MR) is 123 cm³/mol. The lowest BCUT2D eigenvalue weighted by molar-refractivity contribution is -0.124. The van der Waals surface area contributed by atoms with Gasteiger partial charge in [0.05, 0.1) is 5.52 Å². The van der Waals surface area contributed by atoms with Gasteiger partial charge in [-0.3, -0.25) is 4.79 Å². The number of amides is 1. The van der Waals surface area contributed by atoms with E-state index in [1.165, 1.54) is 0 Å². The smallest absolute Gasteiger partial charge is 0.258 e. The summed E-state index contributed by atoms with van der Waals surface area (Å²) in [4.78, 5) is 23.3. The van der Waals surface area contributed by atoms with Crippen LogP contribution in [0.1, 0.15) is 25.7 Å². The van der Waals surface area contributed by atoms with Crippen molar-refractivity contribution in [1.82, 2.24) is 15.3 Å². The van der Waals surface area contributed by atoms with Gasteiger partial charge in [0.25, 0.3) is 5.91 Å². The second kappa shape index (κ2) is 10.5. The summed E-state index contributed by atoms with van der Waals surface area (Å²) in [5.41, 5.74) is 0.813. The molecule has 1 aromatic heterocycles. The van der Waals surface area contributed by atoms with Crippen LogP contribution >= 0.6 is 0 Å². The molecule has 2 aromatic carbocycles. The van der Waals surface area contributed by atoms with E-state index in [4.69, 9.17) is 0 Å². The molecular weight excluding hydrogens is 485 g/mol. The van der Waals surface area contributed by atoms with E-state index in [-0.39, 0.29) is 12.1 Å². The maximum Gasteiger partial charge on any atom is 0.258 e. The van der Waals surface area contributed by atoms with Crippen LogP contribution in [0.4, 0.5) is 33.7 Å². The van der Waals surface area contributed by atoms with E-state index in [1.807, 2.05) is 43.3 Å². The van der Waals surface area contributed by atoms with E-state index >= 15 is 0 Å². The van der Waals surface area contributed by atoms with Crippen molar-refractivity contribution in [2.24, 2.45) is 0 Å². The summed E-state index contributed by atoms with van der Waals surface area (Å²) in [5, 5.41) is 6.95. The molecule has 0 aliphatic heterocycles. The van der Waals surface area contributed by atoms with Gasteiger partial charge in [0.2, 0.25) is 35.0 Å². The van der Waals surface area contributed by atoms with Crippen molar-refractivity contribution in [1.29, 1.82) is 0 Å². The van der Waals surface area contributed by atoms with Gasteiger partial charge in [0.15, 0.2) is 12.4 Å². The topological polar surface area (TPSA) is 79.4 Å². The fraction of sp³-hybridized carbons (Fsp3) is 0.375. The zero-order valence-corrected chi connectivity index (χ0v) is 19.5. The Hall–Kier alpha value is -3.70. The Bertz CT molecular complexity index is 1250. The fourth-order valence-electron chi connectivity index (χ4n) is 4.15. The fourth-order valence-corrected chi connectivity index (χ4v) is 4.15. The lowest BCUT2D eigenvalue weighted by Crippen LogP contribution is -2.42. The van der Waals surface area contributed by atoms with Crippen molar-refractivity contribution in [2.45, 2.75) is 37.8 Å². The van der Waals surface area contributed by atoms with Crippen molar-refractivity contribution in [3.63, 3.8) is 0 Å². The van der Waals surface area contributed by atoms with Gasteiger partial charge in [0.1, 0.15) is 5.82 Å². The molecule has 1 saturated carbocycles. The number of rotatable bonds is 7. The van der Waals surface area contributed by atoms with E-state index in [1.54, 1.807) is 0 Å². The Morgan fingerprint density at radius 2 is 1.50 bits per heavy atom. The van der Waals surface area contributed by atoms with Gasteiger partial charge < -0.3 is 20.3 Å². The minimum atomic E-state index is -2.29. The number of benzene rings is 2. The molecule has 4 rings (SSSR count). The highest BCUT2D eigenvalue weighted by molar-refractivity contribution is 5.90. The van der Waals surface area contributed by atoms with Crippen LogP contribution in [0, 0.1) is 29.1 Å². The maximum atomic E-state index is 13.7. The molecule has 0 bridgehead atoms. The molecule has 36 heavy (non-hydrogen) atoms. The molecule has 2 N–H and O–H groups in total. The monoisotopic (exact) mass is 509 g/mol. The quantitative estimate of drug-likeness (QED) is 0.281. The Labute approximate surface area is 203 Å². The first-order valence-electron chi connectivity index (χ1n) is 11.3. The Balaban J connectivity index is 1.31. The predicted octanol–water partition coefficient (Wildman–Crippen LogP) is 4.31. The molecule has 1 fully saturated rings. The van der Waals surface area contributed by atoms with Crippen molar-refractivity contribution in [3.05, 3.63) is 53.4 Å². The third-order valence-corrected chi connectivity index (χ3v) is 5.95. The highest BCUT2D eigenvalue weighted by Gasteiger charge is 2.28. The third kappa shape index (κ3) is 5.26. The van der Waals surface area contributed by atoms with Crippen LogP contribution in [-0.2, 0) is 4.79 Å². The third-order valence-electron chi connectivity index (χ3n) is 5.95. The number of carbonyl (C=O) groups is 1. The van der Waals surface area contributed by atoms with E-state index in [0.29, 0.717) is 31.6 Å². The normalized spacial score (nSPS) is 17.6. The van der Waals surface area contributed by atoms with Crippen LogP contribution in [-0.4, -0.2) is 48.7 Å². The van der Waals surface area contributed by atoms with Crippen molar-refractivity contribution in [2.75, 3.05) is 30.9 Å². The first kappa shape index (κ1) is 25.4. The summed E-state index contributed by atoms with van der Waals surface area (Å²) >= 11 is 0. The zero-order valence-electron chi connectivity index (χ0n) is 19.5. The van der Waals surface area contributed by atoms with Gasteiger partial charge in [-0.15, -0.1) is 0 Å². The van der Waals surface area contributed by atoms with Crippen LogP contribution in [0.25, 0.3) is 10.9 Å². The summed E-state index contributed by atoms with van der Waals surface area (Å²) in [6.07, 6.45) is 2.58. The summed E-state index contributed by atoms with van der Waals surface area (Å²) in [6, 6.07) is 7.54. The molecule has 7 nitrogen and oxygen atoms in total. The molecule has 192 valence electrons. The average molecular weight is 509 g/mol. The number of halogens is 5. The number of para-hydroxylation sites is 1. The Morgan fingerprint density at radius 1 is 0.917 bits per heavy atom. The Kier molecular flexibility index (Phi) is 7.41. The second-order valence-corrected chi connectivity index (χ2v) is 8.73. The summed E-state index contributed by atoms with van der Waals surface area (Å²) in [7, 11) is 3.81. The first-order chi connectivity index (χ1) is 17.2. The maximum absolute atomic E-state index is 13.7. The summed E-state index contributed by atoms with van der Waals surface area (Å²) in [5.74, 6) is -11.7. The van der Waals surface area contributed by atoms with Crippen LogP contribution in [0.5, 0.6) is 5.75 Å². The molecule has 0 unspecified atom stereocenters. The van der Waals surface area contributed by atoms with Crippen LogP contribution in [0.15, 0.2) is 24.3 Å². The number of aromatic nitrogens is 2. The van der Waals surface area contributed by atoms with Crippen molar-refractivity contribution < 1.29 is 31.5 Å². The van der Waals surface area contributed by atoms with Gasteiger partial charge in [-0.1, -0.05) is 12.1 Å². The highest BCUT2D eigenvalue weighted by Crippen LogP contribution is 2.29. The number of carbonyl (C=O) groups excluding carboxylic acids is 1. The SMILES string of the molecule is CN(C)c1nc(NC2CCC(NC(=O)COc3c(F)c(F)c(F)c(F)c3F)CC2)nc2ccccc12. The lowest BCUT2D eigenvalue weighted by Gasteiger charge is -2.30. The van der Waals surface area contributed by atoms with E-state index in [0.717, 1.165) is 16.7 Å². The average Bonchev–Trinajstić information content (AvgIpc) is 2.87. The zero-order chi connectivity index (χ0) is 26.0. The highest BCUT2D eigenvalue weighted by atomic mass is 19.2. The number of hydrogen-bond acceptors (Lipinski definition) is 6. The van der Waals surface area contributed by atoms with Crippen LogP contribution in [0.3, 0.4) is 0 Å². The van der Waals surface area contributed by atoms with Crippen molar-refractivity contribution >= 4 is 28.6 Å². The number of nitrogens with zero attached hydrogens (tertiary/aromatic N) is 3. The van der Waals surface area contributed by atoms with Crippen molar-refractivity contribution in [3.8, 4) is 5.75 Å². The van der Waals surface area contributed by atoms with Gasteiger partial charge in [-0.2, -0.15) is 13.8 Å². The number of ether oxygens (including phenoxy) is 1. The van der Waals surface area contributed by atoms with Gasteiger partial charge in [-0.05, 0) is 37.8 Å². The summed E-state index contributed by atoms with van der Waals surface area (Å²) < 4.78 is 71.7. The molecule has 0 spiro atoms. The molecule has 1 aliphatic carbocycles. The Morgan fingerprint density at radius 3 is 2.14 bits per heavy atom. The largest absolute Gasteiger partial charge is 0.477 e. The molecule has 1 amide bonds.